The van der Waals surface area contributed by atoms with Crippen LogP contribution in [0.1, 0.15) is 81.8 Å². The summed E-state index contributed by atoms with van der Waals surface area (Å²) < 4.78 is 21.4. The number of hydrogen-bond acceptors (Lipinski definition) is 5. The van der Waals surface area contributed by atoms with Crippen LogP contribution < -0.4 is 15.8 Å². The first-order valence-corrected chi connectivity index (χ1v) is 13.1. The Morgan fingerprint density at radius 3 is 2.61 bits per heavy atom. The number of primary amides is 1. The molecule has 0 unspecified atom stereocenters. The van der Waals surface area contributed by atoms with E-state index in [9.17, 15) is 9.90 Å². The fourth-order valence-corrected chi connectivity index (χ4v) is 5.33. The van der Waals surface area contributed by atoms with Crippen LogP contribution in [0.4, 0.5) is 4.39 Å². The van der Waals surface area contributed by atoms with E-state index in [1.165, 1.54) is 0 Å². The maximum Gasteiger partial charge on any atom is 0.218 e. The molecule has 0 saturated heterocycles. The van der Waals surface area contributed by atoms with E-state index in [0.29, 0.717) is 22.9 Å². The van der Waals surface area contributed by atoms with Crippen LogP contribution in [0.2, 0.25) is 5.02 Å². The third-order valence-corrected chi connectivity index (χ3v) is 7.73. The lowest BCUT2D eigenvalue weighted by atomic mass is 9.73. The van der Waals surface area contributed by atoms with Crippen molar-refractivity contribution in [2.75, 3.05) is 6.54 Å². The number of nitrogens with two attached hydrogens (primary N) is 1. The standard InChI is InChI=1S/C28H37ClFN3O3/c1-27(2,3)25(30)19-12-21-22(14-28(9-4-10-28)36-26(21)33-15-19)32-16-23(34)18(13-24(31)35)11-17-5-7-20(29)8-6-17/h5-8,12,15,18,22-23,25,32,34H,4,9-11,13-14,16H2,1-3H3,(H2,31,35)/t18-,22-,23-,25+/m0/s1. The van der Waals surface area contributed by atoms with Gasteiger partial charge in [0, 0.05) is 47.8 Å². The molecule has 4 N–H and O–H groups in total. The van der Waals surface area contributed by atoms with Gasteiger partial charge in [-0.2, -0.15) is 0 Å². The molecular weight excluding hydrogens is 481 g/mol. The van der Waals surface area contributed by atoms with Crippen molar-refractivity contribution in [3.8, 4) is 5.88 Å². The molecule has 1 spiro atoms. The van der Waals surface area contributed by atoms with E-state index in [-0.39, 0.29) is 30.5 Å². The Hall–Kier alpha value is -2.22. The molecule has 8 heteroatoms. The average Bonchev–Trinajstić information content (AvgIpc) is 2.80. The molecule has 4 rings (SSSR count). The van der Waals surface area contributed by atoms with Crippen molar-refractivity contribution in [3.05, 3.63) is 58.2 Å². The molecule has 1 fully saturated rings. The van der Waals surface area contributed by atoms with Gasteiger partial charge in [-0.3, -0.25) is 4.79 Å². The van der Waals surface area contributed by atoms with E-state index in [1.807, 2.05) is 39.0 Å². The van der Waals surface area contributed by atoms with E-state index < -0.39 is 23.6 Å². The van der Waals surface area contributed by atoms with E-state index in [2.05, 4.69) is 10.3 Å². The average molecular weight is 518 g/mol. The zero-order chi connectivity index (χ0) is 26.1. The van der Waals surface area contributed by atoms with Gasteiger partial charge >= 0.3 is 0 Å². The lowest BCUT2D eigenvalue weighted by Gasteiger charge is -2.47. The summed E-state index contributed by atoms with van der Waals surface area (Å²) in [5.74, 6) is -0.274. The van der Waals surface area contributed by atoms with Crippen LogP contribution in [-0.2, 0) is 11.2 Å². The molecule has 2 aliphatic rings. The van der Waals surface area contributed by atoms with Gasteiger partial charge in [-0.05, 0) is 60.8 Å². The largest absolute Gasteiger partial charge is 0.471 e. The second-order valence-electron chi connectivity index (χ2n) is 11.5. The summed E-state index contributed by atoms with van der Waals surface area (Å²) in [5.41, 5.74) is 6.99. The van der Waals surface area contributed by atoms with Crippen molar-refractivity contribution >= 4 is 17.5 Å². The minimum Gasteiger partial charge on any atom is -0.471 e. The van der Waals surface area contributed by atoms with Crippen LogP contribution in [0.3, 0.4) is 0 Å². The number of halogens is 2. The van der Waals surface area contributed by atoms with Gasteiger partial charge in [0.2, 0.25) is 11.8 Å². The quantitative estimate of drug-likeness (QED) is 0.423. The first-order valence-electron chi connectivity index (χ1n) is 12.7. The Kier molecular flexibility index (Phi) is 7.93. The van der Waals surface area contributed by atoms with Gasteiger partial charge in [-0.15, -0.1) is 0 Å². The Labute approximate surface area is 217 Å². The van der Waals surface area contributed by atoms with Gasteiger partial charge in [0.15, 0.2) is 0 Å². The molecule has 0 bridgehead atoms. The molecule has 4 atom stereocenters. The number of amides is 1. The number of carbonyl (C=O) groups excluding carboxylic acids is 1. The molecule has 1 aliphatic carbocycles. The van der Waals surface area contributed by atoms with Crippen molar-refractivity contribution in [2.24, 2.45) is 17.1 Å². The normalized spacial score (nSPS) is 21.1. The number of hydrogen-bond donors (Lipinski definition) is 3. The lowest BCUT2D eigenvalue weighted by Crippen LogP contribution is -2.50. The summed E-state index contributed by atoms with van der Waals surface area (Å²) in [5, 5.41) is 15.2. The molecule has 1 aliphatic heterocycles. The van der Waals surface area contributed by atoms with Gasteiger partial charge in [-0.1, -0.05) is 44.5 Å². The Bertz CT molecular complexity index is 1070. The van der Waals surface area contributed by atoms with Crippen molar-refractivity contribution in [1.29, 1.82) is 0 Å². The second kappa shape index (κ2) is 10.6. The number of benzene rings is 1. The summed E-state index contributed by atoms with van der Waals surface area (Å²) in [6, 6.07) is 9.07. The number of fused-ring (bicyclic) bond motifs is 1. The number of aromatic nitrogens is 1. The smallest absolute Gasteiger partial charge is 0.218 e. The highest BCUT2D eigenvalue weighted by Gasteiger charge is 2.46. The van der Waals surface area contributed by atoms with E-state index >= 15 is 4.39 Å². The minimum atomic E-state index is -1.17. The predicted octanol–water partition coefficient (Wildman–Crippen LogP) is 5.22. The van der Waals surface area contributed by atoms with Gasteiger partial charge in [0.25, 0.3) is 0 Å². The van der Waals surface area contributed by atoms with Gasteiger partial charge < -0.3 is 20.9 Å². The van der Waals surface area contributed by atoms with Crippen molar-refractivity contribution in [1.82, 2.24) is 10.3 Å². The number of pyridine rings is 1. The SMILES string of the molecule is CC(C)(C)[C@H](F)c1cnc2c(c1)[C@@H](NC[C@H](O)[C@H](CC(N)=O)Cc1ccc(Cl)cc1)CC1(CCC1)O2. The summed E-state index contributed by atoms with van der Waals surface area (Å²) in [7, 11) is 0. The van der Waals surface area contributed by atoms with Crippen LogP contribution in [0.5, 0.6) is 5.88 Å². The van der Waals surface area contributed by atoms with E-state index in [1.54, 1.807) is 18.3 Å². The Morgan fingerprint density at radius 1 is 1.33 bits per heavy atom. The number of ether oxygens (including phenoxy) is 1. The van der Waals surface area contributed by atoms with E-state index in [4.69, 9.17) is 22.1 Å². The van der Waals surface area contributed by atoms with Gasteiger partial charge in [0.05, 0.1) is 6.10 Å². The number of aliphatic hydroxyl groups excluding tert-OH is 1. The number of carbonyl (C=O) groups is 1. The van der Waals surface area contributed by atoms with Crippen LogP contribution in [-0.4, -0.2) is 34.2 Å². The highest BCUT2D eigenvalue weighted by atomic mass is 35.5. The maximum absolute atomic E-state index is 15.1. The highest BCUT2D eigenvalue weighted by molar-refractivity contribution is 6.30. The van der Waals surface area contributed by atoms with Crippen molar-refractivity contribution in [2.45, 2.75) is 83.2 Å². The van der Waals surface area contributed by atoms with Crippen LogP contribution >= 0.6 is 11.6 Å². The fourth-order valence-electron chi connectivity index (χ4n) is 5.20. The molecule has 1 aromatic heterocycles. The molecule has 1 aromatic carbocycles. The van der Waals surface area contributed by atoms with Crippen LogP contribution in [0, 0.1) is 11.3 Å². The first-order chi connectivity index (χ1) is 17.0. The summed E-state index contributed by atoms with van der Waals surface area (Å²) in [6.45, 7) is 5.85. The van der Waals surface area contributed by atoms with Crippen molar-refractivity contribution < 1.29 is 19.0 Å². The maximum atomic E-state index is 15.1. The molecule has 6 nitrogen and oxygen atoms in total. The van der Waals surface area contributed by atoms with Crippen molar-refractivity contribution in [3.63, 3.8) is 0 Å². The van der Waals surface area contributed by atoms with Gasteiger partial charge in [-0.25, -0.2) is 9.37 Å². The number of rotatable bonds is 9. The van der Waals surface area contributed by atoms with Crippen LogP contribution in [0.25, 0.3) is 0 Å². The molecule has 36 heavy (non-hydrogen) atoms. The number of alkyl halides is 1. The minimum absolute atomic E-state index is 0.0700. The third kappa shape index (κ3) is 6.18. The summed E-state index contributed by atoms with van der Waals surface area (Å²) in [4.78, 5) is 16.3. The number of nitrogens with zero attached hydrogens (tertiary/aromatic N) is 1. The van der Waals surface area contributed by atoms with E-state index in [0.717, 1.165) is 36.8 Å². The number of nitrogens with one attached hydrogen (secondary N) is 1. The molecule has 2 heterocycles. The fraction of sp³-hybridized carbons (Fsp3) is 0.571. The zero-order valence-electron chi connectivity index (χ0n) is 21.3. The Morgan fingerprint density at radius 2 is 2.03 bits per heavy atom. The number of aliphatic hydroxyl groups is 1. The topological polar surface area (TPSA) is 97.5 Å². The second-order valence-corrected chi connectivity index (χ2v) is 12.0. The molecule has 196 valence electrons. The van der Waals surface area contributed by atoms with Crippen LogP contribution in [0.15, 0.2) is 36.5 Å². The molecule has 1 saturated carbocycles. The molecule has 0 radical (unpaired) electrons. The summed E-state index contributed by atoms with van der Waals surface area (Å²) >= 11 is 5.99. The van der Waals surface area contributed by atoms with Gasteiger partial charge in [0.1, 0.15) is 11.8 Å². The Balaban J connectivity index is 1.52. The molecule has 2 aromatic rings. The zero-order valence-corrected chi connectivity index (χ0v) is 22.0. The highest BCUT2D eigenvalue weighted by Crippen LogP contribution is 2.49. The lowest BCUT2D eigenvalue weighted by molar-refractivity contribution is -0.119. The third-order valence-electron chi connectivity index (χ3n) is 7.47. The monoisotopic (exact) mass is 517 g/mol. The predicted molar refractivity (Wildman–Crippen MR) is 139 cm³/mol. The molecular formula is C28H37ClFN3O3. The summed E-state index contributed by atoms with van der Waals surface area (Å²) in [6.07, 6.45) is 3.89. The first kappa shape index (κ1) is 26.8. The molecule has 1 amide bonds.